The number of piperidine rings is 1. The van der Waals surface area contributed by atoms with Crippen molar-refractivity contribution in [2.24, 2.45) is 5.92 Å². The SMILES string of the molecule is CC(C)=CCN1C(=O)[C@H]2CC[C@@H]1CN(C(=O)c1cn3cc(C)ccc3n1)C2. The van der Waals surface area contributed by atoms with Crippen LogP contribution >= 0.6 is 0 Å². The van der Waals surface area contributed by atoms with E-state index in [0.717, 1.165) is 24.1 Å². The number of imidazole rings is 1. The Morgan fingerprint density at radius 3 is 2.81 bits per heavy atom. The van der Waals surface area contributed by atoms with Crippen molar-refractivity contribution >= 4 is 17.5 Å². The van der Waals surface area contributed by atoms with Crippen molar-refractivity contribution in [1.29, 1.82) is 0 Å². The fraction of sp³-hybridized carbons (Fsp3) is 0.476. The molecule has 0 spiro atoms. The fourth-order valence-corrected chi connectivity index (χ4v) is 4.10. The number of nitrogens with zero attached hydrogens (tertiary/aromatic N) is 4. The zero-order valence-corrected chi connectivity index (χ0v) is 16.2. The lowest BCUT2D eigenvalue weighted by molar-refractivity contribution is -0.139. The van der Waals surface area contributed by atoms with Gasteiger partial charge in [-0.2, -0.15) is 0 Å². The molecule has 0 aromatic carbocycles. The third-order valence-corrected chi connectivity index (χ3v) is 5.59. The van der Waals surface area contributed by atoms with E-state index in [1.807, 2.05) is 53.3 Å². The normalized spacial score (nSPS) is 22.3. The summed E-state index contributed by atoms with van der Waals surface area (Å²) >= 11 is 0. The largest absolute Gasteiger partial charge is 0.334 e. The topological polar surface area (TPSA) is 57.9 Å². The molecule has 3 aliphatic heterocycles. The van der Waals surface area contributed by atoms with Gasteiger partial charge in [0.25, 0.3) is 5.91 Å². The van der Waals surface area contributed by atoms with Crippen molar-refractivity contribution < 1.29 is 9.59 Å². The second-order valence-corrected chi connectivity index (χ2v) is 8.01. The lowest BCUT2D eigenvalue weighted by Gasteiger charge is -2.35. The molecule has 3 saturated heterocycles. The van der Waals surface area contributed by atoms with Crippen LogP contribution in [-0.4, -0.2) is 56.7 Å². The highest BCUT2D eigenvalue weighted by Gasteiger charge is 2.41. The van der Waals surface area contributed by atoms with Gasteiger partial charge in [-0.25, -0.2) is 4.98 Å². The summed E-state index contributed by atoms with van der Waals surface area (Å²) in [6.45, 7) is 7.82. The summed E-state index contributed by atoms with van der Waals surface area (Å²) in [5.74, 6) is 0.00679. The highest BCUT2D eigenvalue weighted by Crippen LogP contribution is 2.30. The molecule has 0 saturated carbocycles. The molecular formula is C21H26N4O2. The quantitative estimate of drug-likeness (QED) is 0.785. The van der Waals surface area contributed by atoms with Crippen LogP contribution < -0.4 is 0 Å². The second-order valence-electron chi connectivity index (χ2n) is 8.01. The highest BCUT2D eigenvalue weighted by atomic mass is 16.2. The van der Waals surface area contributed by atoms with Gasteiger partial charge in [0.1, 0.15) is 11.3 Å². The molecule has 2 bridgehead atoms. The molecule has 5 heterocycles. The average Bonchev–Trinajstić information content (AvgIpc) is 2.85. The van der Waals surface area contributed by atoms with Crippen LogP contribution in [0.15, 0.2) is 36.2 Å². The highest BCUT2D eigenvalue weighted by molar-refractivity contribution is 5.94. The summed E-state index contributed by atoms with van der Waals surface area (Å²) in [5, 5.41) is 0. The Morgan fingerprint density at radius 2 is 2.04 bits per heavy atom. The van der Waals surface area contributed by atoms with E-state index in [-0.39, 0.29) is 23.8 Å². The van der Waals surface area contributed by atoms with Crippen LogP contribution in [-0.2, 0) is 4.79 Å². The van der Waals surface area contributed by atoms with Gasteiger partial charge in [0.05, 0.1) is 5.92 Å². The third kappa shape index (κ3) is 3.36. The summed E-state index contributed by atoms with van der Waals surface area (Å²) in [7, 11) is 0. The molecule has 3 fully saturated rings. The molecule has 2 amide bonds. The molecular weight excluding hydrogens is 340 g/mol. The molecule has 0 N–H and O–H groups in total. The summed E-state index contributed by atoms with van der Waals surface area (Å²) in [6.07, 6.45) is 7.68. The van der Waals surface area contributed by atoms with Crippen molar-refractivity contribution in [2.45, 2.75) is 39.7 Å². The first-order valence-electron chi connectivity index (χ1n) is 9.61. The van der Waals surface area contributed by atoms with Crippen LogP contribution in [0.3, 0.4) is 0 Å². The van der Waals surface area contributed by atoms with Gasteiger partial charge in [0, 0.05) is 38.1 Å². The van der Waals surface area contributed by atoms with Crippen LogP contribution in [0.4, 0.5) is 0 Å². The van der Waals surface area contributed by atoms with Crippen molar-refractivity contribution in [2.75, 3.05) is 19.6 Å². The number of allylic oxidation sites excluding steroid dienone is 1. The molecule has 2 aromatic rings. The Kier molecular flexibility index (Phi) is 4.50. The van der Waals surface area contributed by atoms with Gasteiger partial charge in [-0.1, -0.05) is 17.7 Å². The van der Waals surface area contributed by atoms with Gasteiger partial charge in [-0.3, -0.25) is 9.59 Å². The Hall–Kier alpha value is -2.63. The van der Waals surface area contributed by atoms with Crippen molar-refractivity contribution in [3.8, 4) is 0 Å². The van der Waals surface area contributed by atoms with Crippen LogP contribution in [0.25, 0.3) is 5.65 Å². The zero-order chi connectivity index (χ0) is 19.1. The number of hydrogen-bond donors (Lipinski definition) is 0. The number of aromatic nitrogens is 2. The Bertz CT molecular complexity index is 925. The number of hydrogen-bond acceptors (Lipinski definition) is 3. The molecule has 6 heteroatoms. The minimum atomic E-state index is -0.0995. The lowest BCUT2D eigenvalue weighted by atomic mass is 9.94. The maximum absolute atomic E-state index is 13.1. The number of rotatable bonds is 3. The van der Waals surface area contributed by atoms with E-state index in [4.69, 9.17) is 0 Å². The van der Waals surface area contributed by atoms with Gasteiger partial charge in [-0.15, -0.1) is 0 Å². The van der Waals surface area contributed by atoms with E-state index < -0.39 is 0 Å². The minimum absolute atomic E-state index is 0.0786. The van der Waals surface area contributed by atoms with Crippen LogP contribution in [0.2, 0.25) is 0 Å². The number of aryl methyl sites for hydroxylation is 1. The van der Waals surface area contributed by atoms with Gasteiger partial charge in [0.15, 0.2) is 0 Å². The monoisotopic (exact) mass is 366 g/mol. The molecule has 3 aliphatic rings. The summed E-state index contributed by atoms with van der Waals surface area (Å²) < 4.78 is 1.89. The van der Waals surface area contributed by atoms with Crippen LogP contribution in [0.1, 0.15) is 42.7 Å². The number of carbonyl (C=O) groups is 2. The Morgan fingerprint density at radius 1 is 1.22 bits per heavy atom. The van der Waals surface area contributed by atoms with Crippen molar-refractivity contribution in [3.63, 3.8) is 0 Å². The van der Waals surface area contributed by atoms with Gasteiger partial charge in [0.2, 0.25) is 5.91 Å². The van der Waals surface area contributed by atoms with E-state index in [1.165, 1.54) is 5.57 Å². The van der Waals surface area contributed by atoms with Gasteiger partial charge in [-0.05, 0) is 45.2 Å². The molecule has 5 rings (SSSR count). The lowest BCUT2D eigenvalue weighted by Crippen LogP contribution is -2.48. The number of carbonyl (C=O) groups excluding carboxylic acids is 2. The molecule has 0 aliphatic carbocycles. The van der Waals surface area contributed by atoms with Crippen molar-refractivity contribution in [1.82, 2.24) is 19.2 Å². The first-order valence-corrected chi connectivity index (χ1v) is 9.61. The van der Waals surface area contributed by atoms with Crippen LogP contribution in [0, 0.1) is 12.8 Å². The molecule has 142 valence electrons. The molecule has 6 nitrogen and oxygen atoms in total. The van der Waals surface area contributed by atoms with E-state index in [0.29, 0.717) is 25.3 Å². The van der Waals surface area contributed by atoms with E-state index in [1.54, 1.807) is 6.20 Å². The van der Waals surface area contributed by atoms with Crippen LogP contribution in [0.5, 0.6) is 0 Å². The molecule has 2 aromatic heterocycles. The molecule has 0 unspecified atom stereocenters. The Labute approximate surface area is 159 Å². The number of fused-ring (bicyclic) bond motifs is 5. The first kappa shape index (κ1) is 17.8. The fourth-order valence-electron chi connectivity index (χ4n) is 4.10. The first-order chi connectivity index (χ1) is 12.9. The van der Waals surface area contributed by atoms with Gasteiger partial charge < -0.3 is 14.2 Å². The molecule has 2 atom stereocenters. The molecule has 0 radical (unpaired) electrons. The summed E-state index contributed by atoms with van der Waals surface area (Å²) in [4.78, 5) is 34.2. The van der Waals surface area contributed by atoms with E-state index in [9.17, 15) is 9.59 Å². The average molecular weight is 366 g/mol. The number of pyridine rings is 1. The summed E-state index contributed by atoms with van der Waals surface area (Å²) in [6, 6.07) is 4.00. The Balaban J connectivity index is 1.58. The predicted octanol–water partition coefficient (Wildman–Crippen LogP) is 2.67. The molecule has 27 heavy (non-hydrogen) atoms. The number of amides is 2. The second kappa shape index (κ2) is 6.83. The standard InChI is InChI=1S/C21H26N4O2/c1-14(2)8-9-25-17-6-5-16(20(25)26)11-24(12-17)21(27)18-13-23-10-15(3)4-7-19(23)22-18/h4,7-8,10,13,16-17H,5-6,9,11-12H2,1-3H3/t16-,17+/m0/s1. The minimum Gasteiger partial charge on any atom is -0.334 e. The maximum atomic E-state index is 13.1. The zero-order valence-electron chi connectivity index (χ0n) is 16.2. The predicted molar refractivity (Wildman–Crippen MR) is 103 cm³/mol. The van der Waals surface area contributed by atoms with E-state index >= 15 is 0 Å². The summed E-state index contributed by atoms with van der Waals surface area (Å²) in [5.41, 5.74) is 3.54. The van der Waals surface area contributed by atoms with Crippen molar-refractivity contribution in [3.05, 3.63) is 47.4 Å². The smallest absolute Gasteiger partial charge is 0.274 e. The maximum Gasteiger partial charge on any atom is 0.274 e. The van der Waals surface area contributed by atoms with E-state index in [2.05, 4.69) is 11.1 Å². The third-order valence-electron chi connectivity index (χ3n) is 5.59. The van der Waals surface area contributed by atoms with Gasteiger partial charge >= 0.3 is 0 Å².